The van der Waals surface area contributed by atoms with Gasteiger partial charge in [0.05, 0.1) is 12.2 Å². The molecule has 1 fully saturated rings. The Labute approximate surface area is 149 Å². The molecule has 26 heavy (non-hydrogen) atoms. The van der Waals surface area contributed by atoms with Crippen LogP contribution in [0.5, 0.6) is 0 Å². The summed E-state index contributed by atoms with van der Waals surface area (Å²) >= 11 is 1.05. The molecule has 4 rings (SSSR count). The fourth-order valence-electron chi connectivity index (χ4n) is 2.86. The lowest BCUT2D eigenvalue weighted by Crippen LogP contribution is -2.26. The van der Waals surface area contributed by atoms with E-state index in [1.54, 1.807) is 4.90 Å². The molecular weight excluding hydrogens is 369 g/mol. The molecule has 1 saturated heterocycles. The predicted molar refractivity (Wildman–Crippen MR) is 86.3 cm³/mol. The largest absolute Gasteiger partial charge is 0.471 e. The van der Waals surface area contributed by atoms with Crippen LogP contribution >= 0.6 is 11.3 Å². The minimum Gasteiger partial charge on any atom is -0.329 e. The molecule has 134 valence electrons. The summed E-state index contributed by atoms with van der Waals surface area (Å²) in [5.41, 5.74) is 0.993. The van der Waals surface area contributed by atoms with Crippen LogP contribution in [0, 0.1) is 0 Å². The molecule has 0 bridgehead atoms. The van der Waals surface area contributed by atoms with E-state index in [0.717, 1.165) is 16.9 Å². The lowest BCUT2D eigenvalue weighted by Gasteiger charge is -2.23. The highest BCUT2D eigenvalue weighted by molar-refractivity contribution is 7.19. The van der Waals surface area contributed by atoms with E-state index in [2.05, 4.69) is 19.6 Å². The molecule has 10 heteroatoms. The van der Waals surface area contributed by atoms with E-state index in [-0.39, 0.29) is 22.8 Å². The molecule has 1 unspecified atom stereocenters. The highest BCUT2D eigenvalue weighted by atomic mass is 32.1. The van der Waals surface area contributed by atoms with Crippen molar-refractivity contribution in [2.75, 3.05) is 4.90 Å². The average molecular weight is 380 g/mol. The van der Waals surface area contributed by atoms with E-state index < -0.39 is 12.1 Å². The number of thiazole rings is 1. The Morgan fingerprint density at radius 3 is 2.69 bits per heavy atom. The molecular formula is C16H11F3N4O2S. The zero-order chi connectivity index (χ0) is 18.3. The van der Waals surface area contributed by atoms with Crippen molar-refractivity contribution in [3.63, 3.8) is 0 Å². The number of carbonyl (C=O) groups is 1. The second-order valence-electron chi connectivity index (χ2n) is 5.65. The average Bonchev–Trinajstić information content (AvgIpc) is 3.33. The molecule has 1 aliphatic rings. The molecule has 0 N–H and O–H groups in total. The number of amides is 1. The zero-order valence-electron chi connectivity index (χ0n) is 13.1. The van der Waals surface area contributed by atoms with Crippen molar-refractivity contribution in [2.24, 2.45) is 0 Å². The molecule has 1 amide bonds. The van der Waals surface area contributed by atoms with Crippen molar-refractivity contribution >= 4 is 22.2 Å². The van der Waals surface area contributed by atoms with E-state index in [1.807, 2.05) is 30.3 Å². The minimum absolute atomic E-state index is 0.0573. The number of hydrogen-bond donors (Lipinski definition) is 0. The summed E-state index contributed by atoms with van der Waals surface area (Å²) in [6.45, 7) is 0. The fourth-order valence-corrected chi connectivity index (χ4v) is 3.77. The Hall–Kier alpha value is -2.75. The molecule has 0 aliphatic carbocycles. The molecule has 0 radical (unpaired) electrons. The van der Waals surface area contributed by atoms with Crippen molar-refractivity contribution in [3.05, 3.63) is 48.0 Å². The van der Waals surface area contributed by atoms with Gasteiger partial charge in [-0.05, 0) is 12.0 Å². The number of carbonyl (C=O) groups excluding carboxylic acids is 1. The maximum Gasteiger partial charge on any atom is 0.471 e. The van der Waals surface area contributed by atoms with Crippen LogP contribution in [-0.2, 0) is 11.0 Å². The first kappa shape index (κ1) is 16.7. The van der Waals surface area contributed by atoms with Gasteiger partial charge in [0.15, 0.2) is 5.01 Å². The summed E-state index contributed by atoms with van der Waals surface area (Å²) in [7, 11) is 0. The highest BCUT2D eigenvalue weighted by Crippen LogP contribution is 2.41. The van der Waals surface area contributed by atoms with Crippen LogP contribution in [0.15, 0.2) is 41.1 Å². The van der Waals surface area contributed by atoms with Crippen LogP contribution in [0.2, 0.25) is 0 Å². The van der Waals surface area contributed by atoms with E-state index in [0.29, 0.717) is 17.8 Å². The molecule has 3 heterocycles. The molecule has 0 saturated carbocycles. The second-order valence-corrected chi connectivity index (χ2v) is 6.66. The van der Waals surface area contributed by atoms with Gasteiger partial charge in [0.25, 0.3) is 0 Å². The number of aromatic nitrogens is 3. The molecule has 3 aromatic rings. The second kappa shape index (κ2) is 6.20. The number of halogens is 3. The maximum atomic E-state index is 12.6. The molecule has 1 atom stereocenters. The summed E-state index contributed by atoms with van der Waals surface area (Å²) in [4.78, 5) is 21.4. The van der Waals surface area contributed by atoms with Crippen LogP contribution < -0.4 is 4.90 Å². The van der Waals surface area contributed by atoms with Crippen molar-refractivity contribution in [1.82, 2.24) is 15.1 Å². The standard InChI is InChI=1S/C16H11F3N4O2S/c17-16(18,19)15-21-13(22-25-15)14-20-8-12(26-14)23-10(6-7-11(23)24)9-4-2-1-3-5-9/h1-5,8,10H,6-7H2. The monoisotopic (exact) mass is 380 g/mol. The normalized spacial score (nSPS) is 17.9. The Morgan fingerprint density at radius 2 is 2.00 bits per heavy atom. The third kappa shape index (κ3) is 2.96. The van der Waals surface area contributed by atoms with Gasteiger partial charge in [0.1, 0.15) is 5.00 Å². The van der Waals surface area contributed by atoms with Gasteiger partial charge in [-0.25, -0.2) is 4.98 Å². The predicted octanol–water partition coefficient (Wildman–Crippen LogP) is 4.08. The zero-order valence-corrected chi connectivity index (χ0v) is 13.9. The van der Waals surface area contributed by atoms with E-state index >= 15 is 0 Å². The lowest BCUT2D eigenvalue weighted by atomic mass is 10.1. The quantitative estimate of drug-likeness (QED) is 0.685. The summed E-state index contributed by atoms with van der Waals surface area (Å²) in [6, 6.07) is 9.43. The Balaban J connectivity index is 1.64. The van der Waals surface area contributed by atoms with Gasteiger partial charge in [-0.15, -0.1) is 0 Å². The van der Waals surface area contributed by atoms with Crippen molar-refractivity contribution in [2.45, 2.75) is 25.1 Å². The number of anilines is 1. The van der Waals surface area contributed by atoms with Crippen LogP contribution in [-0.4, -0.2) is 21.0 Å². The smallest absolute Gasteiger partial charge is 0.329 e. The van der Waals surface area contributed by atoms with E-state index in [9.17, 15) is 18.0 Å². The van der Waals surface area contributed by atoms with Gasteiger partial charge in [-0.2, -0.15) is 18.2 Å². The van der Waals surface area contributed by atoms with Crippen LogP contribution in [0.25, 0.3) is 10.8 Å². The first-order chi connectivity index (χ1) is 12.4. The Bertz CT molecular complexity index is 938. The third-order valence-corrected chi connectivity index (χ3v) is 4.98. The van der Waals surface area contributed by atoms with Gasteiger partial charge in [0.2, 0.25) is 11.7 Å². The Morgan fingerprint density at radius 1 is 1.23 bits per heavy atom. The van der Waals surface area contributed by atoms with Gasteiger partial charge >= 0.3 is 12.1 Å². The number of nitrogens with zero attached hydrogens (tertiary/aromatic N) is 4. The van der Waals surface area contributed by atoms with Gasteiger partial charge in [-0.3, -0.25) is 9.69 Å². The number of hydrogen-bond acceptors (Lipinski definition) is 6. The topological polar surface area (TPSA) is 72.1 Å². The van der Waals surface area contributed by atoms with Gasteiger partial charge in [-0.1, -0.05) is 46.8 Å². The van der Waals surface area contributed by atoms with Crippen molar-refractivity contribution in [1.29, 1.82) is 0 Å². The molecule has 1 aliphatic heterocycles. The van der Waals surface area contributed by atoms with Crippen LogP contribution in [0.3, 0.4) is 0 Å². The minimum atomic E-state index is -4.71. The van der Waals surface area contributed by atoms with Crippen LogP contribution in [0.4, 0.5) is 18.2 Å². The van der Waals surface area contributed by atoms with E-state index in [1.165, 1.54) is 6.20 Å². The fraction of sp³-hybridized carbons (Fsp3) is 0.250. The molecule has 1 aromatic carbocycles. The van der Waals surface area contributed by atoms with Gasteiger partial charge < -0.3 is 4.52 Å². The number of alkyl halides is 3. The molecule has 0 spiro atoms. The first-order valence-corrected chi connectivity index (χ1v) is 8.49. The lowest BCUT2D eigenvalue weighted by molar-refractivity contribution is -0.159. The van der Waals surface area contributed by atoms with Crippen molar-refractivity contribution < 1.29 is 22.5 Å². The number of benzene rings is 1. The summed E-state index contributed by atoms with van der Waals surface area (Å²) in [5.74, 6) is -1.74. The maximum absolute atomic E-state index is 12.6. The van der Waals surface area contributed by atoms with Gasteiger partial charge in [0, 0.05) is 6.42 Å². The van der Waals surface area contributed by atoms with Crippen LogP contribution in [0.1, 0.15) is 30.3 Å². The first-order valence-electron chi connectivity index (χ1n) is 7.67. The summed E-state index contributed by atoms with van der Waals surface area (Å²) < 4.78 is 42.0. The third-order valence-electron chi connectivity index (χ3n) is 3.99. The SMILES string of the molecule is O=C1CCC(c2ccccc2)N1c1cnc(-c2noc(C(F)(F)F)n2)s1. The summed E-state index contributed by atoms with van der Waals surface area (Å²) in [6.07, 6.45) is -2.21. The highest BCUT2D eigenvalue weighted by Gasteiger charge is 2.39. The molecule has 2 aromatic heterocycles. The number of rotatable bonds is 3. The van der Waals surface area contributed by atoms with Crippen molar-refractivity contribution in [3.8, 4) is 10.8 Å². The van der Waals surface area contributed by atoms with E-state index in [4.69, 9.17) is 0 Å². The Kier molecular flexibility index (Phi) is 3.98. The molecule has 6 nitrogen and oxygen atoms in total. The summed E-state index contributed by atoms with van der Waals surface area (Å²) in [5, 5.41) is 4.02.